The molecule has 0 aromatic heterocycles. The van der Waals surface area contributed by atoms with Crippen molar-refractivity contribution in [3.63, 3.8) is 0 Å². The van der Waals surface area contributed by atoms with E-state index in [-0.39, 0.29) is 5.91 Å². The van der Waals surface area contributed by atoms with Crippen LogP contribution in [0.1, 0.15) is 6.92 Å². The van der Waals surface area contributed by atoms with Gasteiger partial charge in [0, 0.05) is 38.8 Å². The van der Waals surface area contributed by atoms with Gasteiger partial charge in [0.15, 0.2) is 0 Å². The van der Waals surface area contributed by atoms with Gasteiger partial charge in [-0.3, -0.25) is 4.79 Å². The summed E-state index contributed by atoms with van der Waals surface area (Å²) in [4.78, 5) is 13.5. The molecule has 0 unspecified atom stereocenters. The molecule has 1 amide bonds. The van der Waals surface area contributed by atoms with Gasteiger partial charge in [0.1, 0.15) is 5.75 Å². The van der Waals surface area contributed by atoms with Gasteiger partial charge in [-0.2, -0.15) is 0 Å². The lowest BCUT2D eigenvalue weighted by Crippen LogP contribution is -2.43. The maximum Gasteiger partial charge on any atom is 0.221 e. The SMILES string of the molecule is COc1ccc(N2CCNCC2)cc1NC(C)=O. The molecule has 98 valence electrons. The fraction of sp³-hybridized carbons (Fsp3) is 0.462. The Morgan fingerprint density at radius 2 is 2.11 bits per heavy atom. The Bertz CT molecular complexity index is 428. The average molecular weight is 249 g/mol. The van der Waals surface area contributed by atoms with Crippen LogP contribution in [0.15, 0.2) is 18.2 Å². The zero-order valence-corrected chi connectivity index (χ0v) is 10.8. The van der Waals surface area contributed by atoms with Crippen LogP contribution in [0, 0.1) is 0 Å². The molecule has 1 saturated heterocycles. The van der Waals surface area contributed by atoms with Gasteiger partial charge in [0.2, 0.25) is 5.91 Å². The van der Waals surface area contributed by atoms with Crippen LogP contribution in [-0.4, -0.2) is 39.2 Å². The zero-order valence-electron chi connectivity index (χ0n) is 10.8. The molecule has 0 aliphatic carbocycles. The number of hydrogen-bond acceptors (Lipinski definition) is 4. The minimum absolute atomic E-state index is 0.0919. The Morgan fingerprint density at radius 3 is 2.72 bits per heavy atom. The molecule has 2 rings (SSSR count). The number of rotatable bonds is 3. The number of anilines is 2. The van der Waals surface area contributed by atoms with Gasteiger partial charge in [-0.25, -0.2) is 0 Å². The summed E-state index contributed by atoms with van der Waals surface area (Å²) in [5, 5.41) is 6.12. The molecule has 5 heteroatoms. The van der Waals surface area contributed by atoms with E-state index in [0.717, 1.165) is 37.6 Å². The average Bonchev–Trinajstić information content (AvgIpc) is 2.39. The number of nitrogens with zero attached hydrogens (tertiary/aromatic N) is 1. The van der Waals surface area contributed by atoms with Gasteiger partial charge in [0.05, 0.1) is 12.8 Å². The molecule has 0 spiro atoms. The van der Waals surface area contributed by atoms with Gasteiger partial charge >= 0.3 is 0 Å². The van der Waals surface area contributed by atoms with Crippen LogP contribution >= 0.6 is 0 Å². The highest BCUT2D eigenvalue weighted by molar-refractivity contribution is 5.91. The van der Waals surface area contributed by atoms with Gasteiger partial charge in [0.25, 0.3) is 0 Å². The topological polar surface area (TPSA) is 53.6 Å². The van der Waals surface area contributed by atoms with Crippen molar-refractivity contribution in [2.75, 3.05) is 43.5 Å². The number of nitrogens with one attached hydrogen (secondary N) is 2. The summed E-state index contributed by atoms with van der Waals surface area (Å²) < 4.78 is 5.24. The minimum atomic E-state index is -0.0919. The number of carbonyl (C=O) groups is 1. The molecule has 1 aromatic carbocycles. The summed E-state index contributed by atoms with van der Waals surface area (Å²) in [6.45, 7) is 5.43. The Hall–Kier alpha value is -1.75. The van der Waals surface area contributed by atoms with Gasteiger partial charge in [-0.15, -0.1) is 0 Å². The molecular weight excluding hydrogens is 230 g/mol. The number of hydrogen-bond donors (Lipinski definition) is 2. The summed E-state index contributed by atoms with van der Waals surface area (Å²) in [6.07, 6.45) is 0. The molecule has 0 radical (unpaired) electrons. The van der Waals surface area contributed by atoms with Gasteiger partial charge in [-0.1, -0.05) is 0 Å². The molecule has 1 aliphatic heterocycles. The molecule has 1 fully saturated rings. The first-order valence-electron chi connectivity index (χ1n) is 6.12. The Morgan fingerprint density at radius 1 is 1.39 bits per heavy atom. The van der Waals surface area contributed by atoms with E-state index < -0.39 is 0 Å². The maximum absolute atomic E-state index is 11.2. The van der Waals surface area contributed by atoms with Crippen molar-refractivity contribution in [1.82, 2.24) is 5.32 Å². The molecule has 1 aromatic rings. The van der Waals surface area contributed by atoms with Crippen molar-refractivity contribution in [3.8, 4) is 5.75 Å². The number of amides is 1. The van der Waals surface area contributed by atoms with E-state index in [2.05, 4.69) is 15.5 Å². The van der Waals surface area contributed by atoms with Crippen molar-refractivity contribution >= 4 is 17.3 Å². The van der Waals surface area contributed by atoms with Crippen LogP contribution in [0.4, 0.5) is 11.4 Å². The normalized spacial score (nSPS) is 15.3. The molecule has 5 nitrogen and oxygen atoms in total. The predicted octanol–water partition coefficient (Wildman–Crippen LogP) is 1.06. The molecule has 0 saturated carbocycles. The largest absolute Gasteiger partial charge is 0.495 e. The lowest BCUT2D eigenvalue weighted by Gasteiger charge is -2.30. The monoisotopic (exact) mass is 249 g/mol. The first-order chi connectivity index (χ1) is 8.70. The second-order valence-electron chi connectivity index (χ2n) is 4.30. The number of methoxy groups -OCH3 is 1. The minimum Gasteiger partial charge on any atom is -0.495 e. The third kappa shape index (κ3) is 2.92. The van der Waals surface area contributed by atoms with Crippen molar-refractivity contribution in [2.45, 2.75) is 6.92 Å². The number of piperazine rings is 1. The van der Waals surface area contributed by atoms with Crippen molar-refractivity contribution in [2.24, 2.45) is 0 Å². The second-order valence-corrected chi connectivity index (χ2v) is 4.30. The van der Waals surface area contributed by atoms with E-state index in [1.54, 1.807) is 7.11 Å². The standard InChI is InChI=1S/C13H19N3O2/c1-10(17)15-12-9-11(3-4-13(12)18-2)16-7-5-14-6-8-16/h3-4,9,14H,5-8H2,1-2H3,(H,15,17). The van der Waals surface area contributed by atoms with Crippen LogP contribution in [0.2, 0.25) is 0 Å². The summed E-state index contributed by atoms with van der Waals surface area (Å²) in [6, 6.07) is 5.88. The molecule has 1 aliphatic rings. The fourth-order valence-corrected chi connectivity index (χ4v) is 2.10. The molecule has 0 atom stereocenters. The molecule has 2 N–H and O–H groups in total. The van der Waals surface area contributed by atoms with Crippen molar-refractivity contribution in [1.29, 1.82) is 0 Å². The van der Waals surface area contributed by atoms with Crippen LogP contribution < -0.4 is 20.3 Å². The maximum atomic E-state index is 11.2. The highest BCUT2D eigenvalue weighted by Gasteiger charge is 2.13. The van der Waals surface area contributed by atoms with E-state index >= 15 is 0 Å². The smallest absolute Gasteiger partial charge is 0.221 e. The third-order valence-electron chi connectivity index (χ3n) is 2.98. The molecule has 0 bridgehead atoms. The predicted molar refractivity (Wildman–Crippen MR) is 72.4 cm³/mol. The Balaban J connectivity index is 2.23. The number of carbonyl (C=O) groups excluding carboxylic acids is 1. The van der Waals surface area contributed by atoms with Crippen LogP contribution in [-0.2, 0) is 4.79 Å². The summed E-state index contributed by atoms with van der Waals surface area (Å²) in [5.74, 6) is 0.592. The van der Waals surface area contributed by atoms with Crippen molar-refractivity contribution in [3.05, 3.63) is 18.2 Å². The van der Waals surface area contributed by atoms with Crippen LogP contribution in [0.3, 0.4) is 0 Å². The van der Waals surface area contributed by atoms with E-state index in [1.165, 1.54) is 6.92 Å². The summed E-state index contributed by atoms with van der Waals surface area (Å²) in [7, 11) is 1.60. The fourth-order valence-electron chi connectivity index (χ4n) is 2.10. The van der Waals surface area contributed by atoms with E-state index in [1.807, 2.05) is 18.2 Å². The molecule has 18 heavy (non-hydrogen) atoms. The Kier molecular flexibility index (Phi) is 4.04. The number of benzene rings is 1. The lowest BCUT2D eigenvalue weighted by molar-refractivity contribution is -0.114. The van der Waals surface area contributed by atoms with Crippen LogP contribution in [0.25, 0.3) is 0 Å². The highest BCUT2D eigenvalue weighted by Crippen LogP contribution is 2.29. The van der Waals surface area contributed by atoms with E-state index in [0.29, 0.717) is 5.75 Å². The highest BCUT2D eigenvalue weighted by atomic mass is 16.5. The summed E-state index contributed by atoms with van der Waals surface area (Å²) in [5.41, 5.74) is 1.84. The molecular formula is C13H19N3O2. The quantitative estimate of drug-likeness (QED) is 0.841. The second kappa shape index (κ2) is 5.73. The molecule has 1 heterocycles. The zero-order chi connectivity index (χ0) is 13.0. The van der Waals surface area contributed by atoms with Gasteiger partial charge in [-0.05, 0) is 18.2 Å². The third-order valence-corrected chi connectivity index (χ3v) is 2.98. The lowest BCUT2D eigenvalue weighted by atomic mass is 10.2. The first kappa shape index (κ1) is 12.7. The summed E-state index contributed by atoms with van der Waals surface area (Å²) >= 11 is 0. The van der Waals surface area contributed by atoms with Crippen LogP contribution in [0.5, 0.6) is 5.75 Å². The number of ether oxygens (including phenoxy) is 1. The Labute approximate surface area is 107 Å². The van der Waals surface area contributed by atoms with Crippen molar-refractivity contribution < 1.29 is 9.53 Å². The van der Waals surface area contributed by atoms with Gasteiger partial charge < -0.3 is 20.3 Å². The first-order valence-corrected chi connectivity index (χ1v) is 6.12. The van der Waals surface area contributed by atoms with E-state index in [9.17, 15) is 4.79 Å². The van der Waals surface area contributed by atoms with E-state index in [4.69, 9.17) is 4.74 Å².